The van der Waals surface area contributed by atoms with Gasteiger partial charge in [-0.25, -0.2) is 4.39 Å². The van der Waals surface area contributed by atoms with Gasteiger partial charge >= 0.3 is 7.69 Å². The summed E-state index contributed by atoms with van der Waals surface area (Å²) in [5, 5.41) is 22.7. The molecule has 3 nitrogen and oxygen atoms in total. The van der Waals surface area contributed by atoms with Gasteiger partial charge in [0.15, 0.2) is 0 Å². The predicted molar refractivity (Wildman–Crippen MR) is 43.9 cm³/mol. The van der Waals surface area contributed by atoms with Crippen LogP contribution in [0.3, 0.4) is 0 Å². The maximum atomic E-state index is 12.4. The number of hydrogen-bond acceptors (Lipinski definition) is 3. The van der Waals surface area contributed by atoms with Gasteiger partial charge in [-0.3, -0.25) is 0 Å². The molecule has 3 N–H and O–H groups in total. The summed E-state index contributed by atoms with van der Waals surface area (Å²) < 4.78 is 12.4. The molecule has 0 aliphatic rings. The van der Waals surface area contributed by atoms with Gasteiger partial charge < -0.3 is 15.2 Å². The van der Waals surface area contributed by atoms with Gasteiger partial charge in [0.2, 0.25) is 0 Å². The van der Waals surface area contributed by atoms with E-state index < -0.39 is 7.69 Å². The van der Waals surface area contributed by atoms with Crippen LogP contribution in [0, 0.1) is 5.82 Å². The average Bonchev–Trinajstić information content (AvgIpc) is 2.07. The Labute approximate surface area is 70.4 Å². The van der Waals surface area contributed by atoms with Crippen molar-refractivity contribution in [2.45, 2.75) is 6.61 Å². The SMILES string of the molecule is OBO.OCc1ccccc1F. The Morgan fingerprint density at radius 3 is 2.08 bits per heavy atom. The van der Waals surface area contributed by atoms with Crippen LogP contribution in [-0.2, 0) is 6.61 Å². The number of aliphatic hydroxyl groups is 1. The Morgan fingerprint density at radius 1 is 1.25 bits per heavy atom. The molecule has 0 aliphatic carbocycles. The zero-order valence-electron chi connectivity index (χ0n) is 6.44. The Balaban J connectivity index is 0.000000354. The van der Waals surface area contributed by atoms with Gasteiger partial charge in [0, 0.05) is 5.56 Å². The first-order valence-electron chi connectivity index (χ1n) is 3.32. The van der Waals surface area contributed by atoms with E-state index in [1.165, 1.54) is 6.07 Å². The van der Waals surface area contributed by atoms with Crippen LogP contribution in [0.4, 0.5) is 4.39 Å². The second-order valence-corrected chi connectivity index (χ2v) is 1.89. The lowest BCUT2D eigenvalue weighted by atomic mass is 10.2. The Hall–Kier alpha value is -0.905. The van der Waals surface area contributed by atoms with E-state index in [9.17, 15) is 4.39 Å². The highest BCUT2D eigenvalue weighted by molar-refractivity contribution is 6.13. The molecule has 0 unspecified atom stereocenters. The van der Waals surface area contributed by atoms with E-state index in [2.05, 4.69) is 0 Å². The lowest BCUT2D eigenvalue weighted by Crippen LogP contribution is -1.86. The molecule has 0 amide bonds. The van der Waals surface area contributed by atoms with Crippen LogP contribution in [-0.4, -0.2) is 22.8 Å². The average molecular weight is 172 g/mol. The summed E-state index contributed by atoms with van der Waals surface area (Å²) in [5.41, 5.74) is 0.345. The standard InChI is InChI=1S/C7H7FO.BH3O2/c8-7-4-2-1-3-6(7)5-9;2-1-3/h1-4,9H,5H2;1-3H. The molecule has 66 valence electrons. The molecular weight excluding hydrogens is 162 g/mol. The molecule has 0 radical (unpaired) electrons. The molecular formula is C7H10BFO3. The highest BCUT2D eigenvalue weighted by Gasteiger charge is 1.94. The van der Waals surface area contributed by atoms with Crippen LogP contribution >= 0.6 is 0 Å². The van der Waals surface area contributed by atoms with E-state index in [0.717, 1.165) is 0 Å². The summed E-state index contributed by atoms with van der Waals surface area (Å²) in [6.45, 7) is -0.229. The lowest BCUT2D eigenvalue weighted by molar-refractivity contribution is 0.276. The van der Waals surface area contributed by atoms with Crippen molar-refractivity contribution in [1.29, 1.82) is 0 Å². The lowest BCUT2D eigenvalue weighted by Gasteiger charge is -1.94. The van der Waals surface area contributed by atoms with Gasteiger partial charge in [-0.1, -0.05) is 18.2 Å². The van der Waals surface area contributed by atoms with Gasteiger partial charge in [0.05, 0.1) is 6.61 Å². The van der Waals surface area contributed by atoms with Crippen molar-refractivity contribution in [3.8, 4) is 0 Å². The molecule has 0 aliphatic heterocycles. The van der Waals surface area contributed by atoms with Crippen LogP contribution in [0.1, 0.15) is 5.56 Å². The van der Waals surface area contributed by atoms with E-state index in [0.29, 0.717) is 5.56 Å². The molecule has 0 saturated heterocycles. The summed E-state index contributed by atoms with van der Waals surface area (Å²) in [5.74, 6) is -0.347. The third-order valence-corrected chi connectivity index (χ3v) is 1.13. The predicted octanol–water partition coefficient (Wildman–Crippen LogP) is -0.444. The van der Waals surface area contributed by atoms with Gasteiger partial charge in [-0.15, -0.1) is 0 Å². The monoisotopic (exact) mass is 172 g/mol. The molecule has 0 fully saturated rings. The second-order valence-electron chi connectivity index (χ2n) is 1.89. The fraction of sp³-hybridized carbons (Fsp3) is 0.143. The molecule has 1 aromatic carbocycles. The summed E-state index contributed by atoms with van der Waals surface area (Å²) in [7, 11) is -0.750. The number of halogens is 1. The van der Waals surface area contributed by atoms with Crippen LogP contribution in [0.25, 0.3) is 0 Å². The van der Waals surface area contributed by atoms with Gasteiger partial charge in [0.1, 0.15) is 5.82 Å². The molecule has 0 heterocycles. The summed E-state index contributed by atoms with van der Waals surface area (Å²) in [4.78, 5) is 0. The number of rotatable bonds is 1. The minimum absolute atomic E-state index is 0.229. The fourth-order valence-electron chi connectivity index (χ4n) is 0.627. The van der Waals surface area contributed by atoms with E-state index in [1.807, 2.05) is 0 Å². The largest absolute Gasteiger partial charge is 0.432 e. The quantitative estimate of drug-likeness (QED) is 0.503. The molecule has 0 atom stereocenters. The second kappa shape index (κ2) is 6.78. The van der Waals surface area contributed by atoms with Gasteiger partial charge in [-0.2, -0.15) is 0 Å². The maximum absolute atomic E-state index is 12.4. The summed E-state index contributed by atoms with van der Waals surface area (Å²) >= 11 is 0. The third kappa shape index (κ3) is 4.07. The molecule has 0 bridgehead atoms. The van der Waals surface area contributed by atoms with Crippen molar-refractivity contribution >= 4 is 7.69 Å². The highest BCUT2D eigenvalue weighted by Crippen LogP contribution is 2.04. The van der Waals surface area contributed by atoms with Crippen molar-refractivity contribution in [3.63, 3.8) is 0 Å². The van der Waals surface area contributed by atoms with Crippen molar-refractivity contribution < 1.29 is 19.5 Å². The first-order valence-corrected chi connectivity index (χ1v) is 3.32. The minimum Gasteiger partial charge on any atom is -0.430 e. The summed E-state index contributed by atoms with van der Waals surface area (Å²) in [6.07, 6.45) is 0. The Morgan fingerprint density at radius 2 is 1.75 bits per heavy atom. The third-order valence-electron chi connectivity index (χ3n) is 1.13. The molecule has 5 heteroatoms. The topological polar surface area (TPSA) is 60.7 Å². The van der Waals surface area contributed by atoms with E-state index in [4.69, 9.17) is 15.2 Å². The van der Waals surface area contributed by atoms with E-state index in [1.54, 1.807) is 18.2 Å². The van der Waals surface area contributed by atoms with E-state index in [-0.39, 0.29) is 12.4 Å². The smallest absolute Gasteiger partial charge is 0.430 e. The number of benzene rings is 1. The molecule has 0 aromatic heterocycles. The van der Waals surface area contributed by atoms with Crippen LogP contribution in [0.2, 0.25) is 0 Å². The van der Waals surface area contributed by atoms with Crippen LogP contribution < -0.4 is 0 Å². The van der Waals surface area contributed by atoms with E-state index >= 15 is 0 Å². The van der Waals surface area contributed by atoms with Gasteiger partial charge in [-0.05, 0) is 6.07 Å². The molecule has 1 rings (SSSR count). The Bertz CT molecular complexity index is 220. The highest BCUT2D eigenvalue weighted by atomic mass is 19.1. The normalized spacial score (nSPS) is 8.33. The minimum atomic E-state index is -0.750. The number of aliphatic hydroxyl groups excluding tert-OH is 1. The van der Waals surface area contributed by atoms with Crippen LogP contribution in [0.15, 0.2) is 24.3 Å². The van der Waals surface area contributed by atoms with Gasteiger partial charge in [0.25, 0.3) is 0 Å². The maximum Gasteiger partial charge on any atom is 0.432 e. The number of hydrogen-bond donors (Lipinski definition) is 3. The zero-order chi connectivity index (χ0) is 9.40. The molecule has 0 saturated carbocycles. The first kappa shape index (κ1) is 11.1. The Kier molecular flexibility index (Phi) is 6.27. The van der Waals surface area contributed by atoms with Crippen molar-refractivity contribution in [2.24, 2.45) is 0 Å². The zero-order valence-corrected chi connectivity index (χ0v) is 6.44. The molecule has 12 heavy (non-hydrogen) atoms. The first-order chi connectivity index (χ1) is 5.76. The van der Waals surface area contributed by atoms with Crippen molar-refractivity contribution in [1.82, 2.24) is 0 Å². The van der Waals surface area contributed by atoms with Crippen LogP contribution in [0.5, 0.6) is 0 Å². The molecule has 1 aromatic rings. The van der Waals surface area contributed by atoms with Crippen molar-refractivity contribution in [2.75, 3.05) is 0 Å². The fourth-order valence-corrected chi connectivity index (χ4v) is 0.627. The summed E-state index contributed by atoms with van der Waals surface area (Å²) in [6, 6.07) is 6.16. The molecule has 0 spiro atoms. The van der Waals surface area contributed by atoms with Crippen molar-refractivity contribution in [3.05, 3.63) is 35.6 Å².